The zero-order valence-electron chi connectivity index (χ0n) is 13.3. The molecule has 0 aromatic heterocycles. The van der Waals surface area contributed by atoms with E-state index < -0.39 is 9.53 Å². The molecule has 0 radical (unpaired) electrons. The molecule has 1 saturated carbocycles. The lowest BCUT2D eigenvalue weighted by atomic mass is 10.6. The van der Waals surface area contributed by atoms with Gasteiger partial charge in [-0.25, -0.2) is 0 Å². The van der Waals surface area contributed by atoms with Gasteiger partial charge in [-0.1, -0.05) is 19.3 Å². The SMILES string of the molecule is C1CC1.CCO[SiH](OCC)OCC.OCCNCCO. The van der Waals surface area contributed by atoms with E-state index in [1.54, 1.807) is 0 Å². The van der Waals surface area contributed by atoms with Crippen LogP contribution in [0.1, 0.15) is 40.0 Å². The van der Waals surface area contributed by atoms with Crippen LogP contribution >= 0.6 is 0 Å². The Morgan fingerprint density at radius 2 is 1.15 bits per heavy atom. The Morgan fingerprint density at radius 1 is 0.800 bits per heavy atom. The Bertz CT molecular complexity index is 143. The highest BCUT2D eigenvalue weighted by Gasteiger charge is 2.11. The highest BCUT2D eigenvalue weighted by molar-refractivity contribution is 6.36. The zero-order valence-corrected chi connectivity index (χ0v) is 14.4. The summed E-state index contributed by atoms with van der Waals surface area (Å²) in [6.45, 7) is 9.28. The van der Waals surface area contributed by atoms with Crippen LogP contribution in [0.3, 0.4) is 0 Å². The molecule has 0 unspecified atom stereocenters. The maximum Gasteiger partial charge on any atom is 0.484 e. The lowest BCUT2D eigenvalue weighted by molar-refractivity contribution is 0.107. The van der Waals surface area contributed by atoms with Crippen LogP contribution in [-0.2, 0) is 13.3 Å². The molecule has 3 N–H and O–H groups in total. The average molecular weight is 311 g/mol. The molecule has 0 aliphatic heterocycles. The van der Waals surface area contributed by atoms with Gasteiger partial charge >= 0.3 is 9.53 Å². The van der Waals surface area contributed by atoms with E-state index in [0.717, 1.165) is 0 Å². The minimum Gasteiger partial charge on any atom is -0.395 e. The fourth-order valence-corrected chi connectivity index (χ4v) is 1.94. The van der Waals surface area contributed by atoms with Gasteiger partial charge in [0, 0.05) is 32.9 Å². The molecule has 1 rings (SSSR count). The largest absolute Gasteiger partial charge is 0.484 e. The van der Waals surface area contributed by atoms with E-state index in [2.05, 4.69) is 5.32 Å². The number of hydrogen-bond acceptors (Lipinski definition) is 6. The molecule has 20 heavy (non-hydrogen) atoms. The monoisotopic (exact) mass is 311 g/mol. The third-order valence-electron chi connectivity index (χ3n) is 1.84. The molecule has 1 fully saturated rings. The molecule has 0 aromatic carbocycles. The maximum atomic E-state index is 8.15. The quantitative estimate of drug-likeness (QED) is 0.404. The third kappa shape index (κ3) is 26.5. The van der Waals surface area contributed by atoms with Gasteiger partial charge in [0.2, 0.25) is 0 Å². The smallest absolute Gasteiger partial charge is 0.395 e. The van der Waals surface area contributed by atoms with Gasteiger partial charge in [-0.2, -0.15) is 0 Å². The minimum absolute atomic E-state index is 0.139. The molecule has 124 valence electrons. The van der Waals surface area contributed by atoms with Crippen molar-refractivity contribution in [3.05, 3.63) is 0 Å². The summed E-state index contributed by atoms with van der Waals surface area (Å²) < 4.78 is 15.7. The summed E-state index contributed by atoms with van der Waals surface area (Å²) in [6, 6.07) is 0. The van der Waals surface area contributed by atoms with Crippen molar-refractivity contribution in [1.82, 2.24) is 5.32 Å². The van der Waals surface area contributed by atoms with Crippen molar-refractivity contribution in [3.8, 4) is 0 Å². The molecule has 0 amide bonds. The fourth-order valence-electron chi connectivity index (χ4n) is 0.836. The number of nitrogens with one attached hydrogen (secondary N) is 1. The first-order valence-corrected chi connectivity index (χ1v) is 8.95. The van der Waals surface area contributed by atoms with Crippen molar-refractivity contribution in [3.63, 3.8) is 0 Å². The summed E-state index contributed by atoms with van der Waals surface area (Å²) in [5.41, 5.74) is 0. The second-order valence-corrected chi connectivity index (χ2v) is 5.49. The molecule has 0 saturated heterocycles. The zero-order chi connectivity index (χ0) is 15.5. The molecule has 1 aliphatic carbocycles. The van der Waals surface area contributed by atoms with E-state index in [0.29, 0.717) is 32.9 Å². The lowest BCUT2D eigenvalue weighted by Crippen LogP contribution is -2.27. The molecule has 0 heterocycles. The van der Waals surface area contributed by atoms with Crippen molar-refractivity contribution < 1.29 is 23.5 Å². The first-order valence-electron chi connectivity index (χ1n) is 7.53. The van der Waals surface area contributed by atoms with Crippen LogP contribution in [0.25, 0.3) is 0 Å². The van der Waals surface area contributed by atoms with Gasteiger partial charge in [0.1, 0.15) is 0 Å². The van der Waals surface area contributed by atoms with Gasteiger partial charge < -0.3 is 28.8 Å². The Balaban J connectivity index is 0. The Morgan fingerprint density at radius 3 is 1.35 bits per heavy atom. The highest BCUT2D eigenvalue weighted by atomic mass is 28.3. The van der Waals surface area contributed by atoms with Crippen LogP contribution in [0.2, 0.25) is 0 Å². The summed E-state index contributed by atoms with van der Waals surface area (Å²) in [5, 5.41) is 19.1. The van der Waals surface area contributed by atoms with Gasteiger partial charge in [0.15, 0.2) is 0 Å². The molecule has 0 spiro atoms. The minimum atomic E-state index is -1.73. The Kier molecular flexibility index (Phi) is 23.7. The fraction of sp³-hybridized carbons (Fsp3) is 1.00. The summed E-state index contributed by atoms with van der Waals surface area (Å²) in [4.78, 5) is 0. The summed E-state index contributed by atoms with van der Waals surface area (Å²) in [7, 11) is -1.73. The lowest BCUT2D eigenvalue weighted by Gasteiger charge is -2.12. The normalized spacial score (nSPS) is 12.3. The van der Waals surface area contributed by atoms with Crippen LogP contribution in [0.5, 0.6) is 0 Å². The first-order chi connectivity index (χ1) is 9.76. The molecule has 0 aromatic rings. The van der Waals surface area contributed by atoms with E-state index in [1.807, 2.05) is 20.8 Å². The van der Waals surface area contributed by atoms with Crippen LogP contribution in [0, 0.1) is 0 Å². The van der Waals surface area contributed by atoms with Gasteiger partial charge in [-0.05, 0) is 20.8 Å². The summed E-state index contributed by atoms with van der Waals surface area (Å²) in [5.74, 6) is 0. The van der Waals surface area contributed by atoms with Crippen molar-refractivity contribution in [2.24, 2.45) is 0 Å². The molecule has 6 nitrogen and oxygen atoms in total. The molecule has 0 atom stereocenters. The predicted octanol–water partition coefficient (Wildman–Crippen LogP) is 0.544. The first kappa shape index (κ1) is 22.3. The second-order valence-electron chi connectivity index (χ2n) is 3.91. The van der Waals surface area contributed by atoms with Crippen molar-refractivity contribution in [2.75, 3.05) is 46.1 Å². The standard InChI is InChI=1S/C6H16O3Si.C4H11NO2.C3H6/c1-4-7-10(8-5-2)9-6-3;6-3-1-5-2-4-7;1-2-3-1/h10H,4-6H2,1-3H3;5-7H,1-4H2;1-3H2. The van der Waals surface area contributed by atoms with E-state index >= 15 is 0 Å². The molecule has 1 aliphatic rings. The Labute approximate surface area is 125 Å². The summed E-state index contributed by atoms with van der Waals surface area (Å²) in [6.07, 6.45) is 4.50. The van der Waals surface area contributed by atoms with E-state index in [1.165, 1.54) is 19.3 Å². The number of aliphatic hydroxyl groups is 2. The average Bonchev–Trinajstić information content (AvgIpc) is 3.29. The Hall–Kier alpha value is -0.0231. The molecule has 0 bridgehead atoms. The maximum absolute atomic E-state index is 8.15. The van der Waals surface area contributed by atoms with Crippen LogP contribution in [-0.4, -0.2) is 65.9 Å². The van der Waals surface area contributed by atoms with E-state index in [-0.39, 0.29) is 13.2 Å². The highest BCUT2D eigenvalue weighted by Crippen LogP contribution is 2.14. The number of aliphatic hydroxyl groups excluding tert-OH is 2. The molecule has 7 heteroatoms. The van der Waals surface area contributed by atoms with Crippen LogP contribution in [0.4, 0.5) is 0 Å². The predicted molar refractivity (Wildman–Crippen MR) is 82.9 cm³/mol. The van der Waals surface area contributed by atoms with E-state index in [9.17, 15) is 0 Å². The van der Waals surface area contributed by atoms with Crippen LogP contribution in [0.15, 0.2) is 0 Å². The van der Waals surface area contributed by atoms with Gasteiger partial charge in [-0.3, -0.25) is 0 Å². The second kappa shape index (κ2) is 21.3. The van der Waals surface area contributed by atoms with Gasteiger partial charge in [-0.15, -0.1) is 0 Å². The van der Waals surface area contributed by atoms with Crippen molar-refractivity contribution in [1.29, 1.82) is 0 Å². The molecular weight excluding hydrogens is 278 g/mol. The third-order valence-corrected chi connectivity index (χ3v) is 3.66. The van der Waals surface area contributed by atoms with Gasteiger partial charge in [0.05, 0.1) is 13.2 Å². The number of rotatable bonds is 10. The van der Waals surface area contributed by atoms with Gasteiger partial charge in [0.25, 0.3) is 0 Å². The summed E-state index contributed by atoms with van der Waals surface area (Å²) >= 11 is 0. The van der Waals surface area contributed by atoms with Crippen molar-refractivity contribution in [2.45, 2.75) is 40.0 Å². The molecular formula is C13H33NO5Si. The van der Waals surface area contributed by atoms with Crippen molar-refractivity contribution >= 4 is 9.53 Å². The van der Waals surface area contributed by atoms with Crippen LogP contribution < -0.4 is 5.32 Å². The number of hydrogen-bond donors (Lipinski definition) is 3. The topological polar surface area (TPSA) is 80.2 Å². The van der Waals surface area contributed by atoms with E-state index in [4.69, 9.17) is 23.5 Å².